The molecule has 1 aromatic carbocycles. The molecule has 0 aliphatic heterocycles. The van der Waals surface area contributed by atoms with E-state index in [4.69, 9.17) is 0 Å². The van der Waals surface area contributed by atoms with Gasteiger partial charge in [-0.05, 0) is 55.1 Å². The lowest BCUT2D eigenvalue weighted by Crippen LogP contribution is -2.35. The number of aldehydes is 1. The van der Waals surface area contributed by atoms with Gasteiger partial charge in [-0.3, -0.25) is 0 Å². The molecule has 5 heteroatoms. The summed E-state index contributed by atoms with van der Waals surface area (Å²) < 4.78 is 27.3. The summed E-state index contributed by atoms with van der Waals surface area (Å²) in [6.07, 6.45) is 5.10. The van der Waals surface area contributed by atoms with Crippen LogP contribution in [0.3, 0.4) is 0 Å². The van der Waals surface area contributed by atoms with Crippen molar-refractivity contribution in [2.24, 2.45) is 23.7 Å². The highest BCUT2D eigenvalue weighted by Crippen LogP contribution is 2.53. The molecule has 4 nitrogen and oxygen atoms in total. The van der Waals surface area contributed by atoms with Crippen LogP contribution in [-0.4, -0.2) is 21.2 Å². The molecule has 1 N–H and O–H groups in total. The van der Waals surface area contributed by atoms with Gasteiger partial charge in [0.05, 0.1) is 4.90 Å². The van der Waals surface area contributed by atoms with E-state index < -0.39 is 10.0 Å². The van der Waals surface area contributed by atoms with E-state index in [0.29, 0.717) is 41.5 Å². The Bertz CT molecular complexity index is 599. The summed E-state index contributed by atoms with van der Waals surface area (Å²) in [5, 5.41) is 0. The lowest BCUT2D eigenvalue weighted by molar-refractivity contribution is -0.109. The first kappa shape index (κ1) is 14.7. The van der Waals surface area contributed by atoms with E-state index in [1.54, 1.807) is 30.3 Å². The minimum absolute atomic E-state index is 0.306. The Hall–Kier alpha value is -1.20. The van der Waals surface area contributed by atoms with Crippen molar-refractivity contribution in [3.8, 4) is 0 Å². The number of hydrogen-bond donors (Lipinski definition) is 1. The predicted molar refractivity (Wildman–Crippen MR) is 80.1 cm³/mol. The minimum atomic E-state index is -3.44. The van der Waals surface area contributed by atoms with Crippen LogP contribution in [0.5, 0.6) is 0 Å². The molecule has 2 fully saturated rings. The fraction of sp³-hybridized carbons (Fsp3) is 0.562. The number of rotatable bonds is 6. The third-order valence-corrected chi connectivity index (χ3v) is 6.65. The van der Waals surface area contributed by atoms with Crippen molar-refractivity contribution in [2.75, 3.05) is 6.54 Å². The zero-order chi connectivity index (χ0) is 14.9. The topological polar surface area (TPSA) is 63.2 Å². The van der Waals surface area contributed by atoms with Gasteiger partial charge in [0.2, 0.25) is 10.0 Å². The Balaban J connectivity index is 1.68. The van der Waals surface area contributed by atoms with Gasteiger partial charge in [0.15, 0.2) is 0 Å². The second-order valence-corrected chi connectivity index (χ2v) is 8.00. The molecule has 2 bridgehead atoms. The molecule has 0 radical (unpaired) electrons. The molecule has 0 saturated heterocycles. The van der Waals surface area contributed by atoms with E-state index >= 15 is 0 Å². The SMILES string of the molecule is O=CCC1C2CCC(C2)C1CNS(=O)(=O)c1ccccc1. The Labute approximate surface area is 126 Å². The number of fused-ring (bicyclic) bond motifs is 2. The third-order valence-electron chi connectivity index (χ3n) is 5.21. The van der Waals surface area contributed by atoms with Crippen molar-refractivity contribution in [3.05, 3.63) is 30.3 Å². The summed E-state index contributed by atoms with van der Waals surface area (Å²) in [5.41, 5.74) is 0. The molecule has 3 rings (SSSR count). The molecule has 2 aliphatic carbocycles. The van der Waals surface area contributed by atoms with Crippen LogP contribution in [0.4, 0.5) is 0 Å². The Morgan fingerprint density at radius 2 is 1.76 bits per heavy atom. The molecule has 2 aliphatic rings. The highest BCUT2D eigenvalue weighted by Gasteiger charge is 2.47. The summed E-state index contributed by atoms with van der Waals surface area (Å²) >= 11 is 0. The Kier molecular flexibility index (Phi) is 4.13. The quantitative estimate of drug-likeness (QED) is 0.820. The Morgan fingerprint density at radius 1 is 1.10 bits per heavy atom. The molecule has 21 heavy (non-hydrogen) atoms. The van der Waals surface area contributed by atoms with E-state index in [2.05, 4.69) is 4.72 Å². The monoisotopic (exact) mass is 307 g/mol. The summed E-state index contributed by atoms with van der Waals surface area (Å²) in [6, 6.07) is 8.45. The van der Waals surface area contributed by atoms with Crippen molar-refractivity contribution in [1.29, 1.82) is 0 Å². The number of carbonyl (C=O) groups is 1. The van der Waals surface area contributed by atoms with Crippen LogP contribution < -0.4 is 4.72 Å². The van der Waals surface area contributed by atoms with Crippen molar-refractivity contribution < 1.29 is 13.2 Å². The predicted octanol–water partition coefficient (Wildman–Crippen LogP) is 2.22. The van der Waals surface area contributed by atoms with Gasteiger partial charge in [-0.15, -0.1) is 0 Å². The second-order valence-electron chi connectivity index (χ2n) is 6.23. The first-order chi connectivity index (χ1) is 10.1. The summed E-state index contributed by atoms with van der Waals surface area (Å²) in [7, 11) is -3.44. The van der Waals surface area contributed by atoms with Gasteiger partial charge in [-0.25, -0.2) is 13.1 Å². The smallest absolute Gasteiger partial charge is 0.240 e. The lowest BCUT2D eigenvalue weighted by atomic mass is 9.78. The summed E-state index contributed by atoms with van der Waals surface area (Å²) in [4.78, 5) is 11.2. The molecule has 1 aromatic rings. The van der Waals surface area contributed by atoms with Crippen LogP contribution in [-0.2, 0) is 14.8 Å². The van der Waals surface area contributed by atoms with Gasteiger partial charge in [0.1, 0.15) is 6.29 Å². The number of sulfonamides is 1. The van der Waals surface area contributed by atoms with E-state index in [1.807, 2.05) is 0 Å². The van der Waals surface area contributed by atoms with Crippen LogP contribution in [0.25, 0.3) is 0 Å². The molecular weight excluding hydrogens is 286 g/mol. The molecule has 0 aromatic heterocycles. The molecule has 0 amide bonds. The molecule has 2 saturated carbocycles. The van der Waals surface area contributed by atoms with Crippen molar-refractivity contribution in [3.63, 3.8) is 0 Å². The first-order valence-electron chi connectivity index (χ1n) is 7.60. The zero-order valence-electron chi connectivity index (χ0n) is 11.9. The van der Waals surface area contributed by atoms with Gasteiger partial charge in [0, 0.05) is 13.0 Å². The maximum atomic E-state index is 12.3. The molecule has 0 heterocycles. The van der Waals surface area contributed by atoms with Crippen molar-refractivity contribution in [2.45, 2.75) is 30.6 Å². The highest BCUT2D eigenvalue weighted by molar-refractivity contribution is 7.89. The lowest BCUT2D eigenvalue weighted by Gasteiger charge is -2.30. The van der Waals surface area contributed by atoms with Gasteiger partial charge in [-0.2, -0.15) is 0 Å². The molecule has 0 spiro atoms. The summed E-state index contributed by atoms with van der Waals surface area (Å²) in [6.45, 7) is 0.455. The Morgan fingerprint density at radius 3 is 2.43 bits per heavy atom. The molecular formula is C16H21NO3S. The first-order valence-corrected chi connectivity index (χ1v) is 9.08. The largest absolute Gasteiger partial charge is 0.303 e. The third kappa shape index (κ3) is 2.90. The average Bonchev–Trinajstić information content (AvgIpc) is 3.08. The van der Waals surface area contributed by atoms with E-state index in [1.165, 1.54) is 12.8 Å². The number of carbonyl (C=O) groups excluding carboxylic acids is 1. The van der Waals surface area contributed by atoms with Gasteiger partial charge < -0.3 is 4.79 Å². The zero-order valence-corrected chi connectivity index (χ0v) is 12.8. The maximum Gasteiger partial charge on any atom is 0.240 e. The van der Waals surface area contributed by atoms with Crippen molar-refractivity contribution >= 4 is 16.3 Å². The maximum absolute atomic E-state index is 12.3. The van der Waals surface area contributed by atoms with Crippen LogP contribution in [0.1, 0.15) is 25.7 Å². The second kappa shape index (κ2) is 5.89. The molecule has 4 atom stereocenters. The van der Waals surface area contributed by atoms with E-state index in [0.717, 1.165) is 12.7 Å². The fourth-order valence-corrected chi connectivity index (χ4v) is 5.31. The van der Waals surface area contributed by atoms with Gasteiger partial charge >= 0.3 is 0 Å². The summed E-state index contributed by atoms with van der Waals surface area (Å²) in [5.74, 6) is 1.87. The minimum Gasteiger partial charge on any atom is -0.303 e. The van der Waals surface area contributed by atoms with Gasteiger partial charge in [-0.1, -0.05) is 18.2 Å². The van der Waals surface area contributed by atoms with Crippen LogP contribution in [0.15, 0.2) is 35.2 Å². The van der Waals surface area contributed by atoms with Gasteiger partial charge in [0.25, 0.3) is 0 Å². The fourth-order valence-electron chi connectivity index (χ4n) is 4.21. The average molecular weight is 307 g/mol. The van der Waals surface area contributed by atoms with Crippen LogP contribution in [0.2, 0.25) is 0 Å². The standard InChI is InChI=1S/C16H21NO3S/c18-9-8-15-12-6-7-13(10-12)16(15)11-17-21(19,20)14-4-2-1-3-5-14/h1-5,9,12-13,15-17H,6-8,10-11H2. The molecule has 114 valence electrons. The number of benzene rings is 1. The van der Waals surface area contributed by atoms with Crippen LogP contribution in [0, 0.1) is 23.7 Å². The number of hydrogen-bond acceptors (Lipinski definition) is 3. The van der Waals surface area contributed by atoms with E-state index in [9.17, 15) is 13.2 Å². The number of nitrogens with one attached hydrogen (secondary N) is 1. The highest BCUT2D eigenvalue weighted by atomic mass is 32.2. The van der Waals surface area contributed by atoms with Crippen LogP contribution >= 0.6 is 0 Å². The molecule has 4 unspecified atom stereocenters. The normalized spacial score (nSPS) is 31.4. The van der Waals surface area contributed by atoms with Crippen molar-refractivity contribution in [1.82, 2.24) is 4.72 Å². The van der Waals surface area contributed by atoms with E-state index in [-0.39, 0.29) is 0 Å².